The van der Waals surface area contributed by atoms with Crippen LogP contribution in [0.2, 0.25) is 0 Å². The number of amides is 2. The van der Waals surface area contributed by atoms with Gasteiger partial charge in [0.05, 0.1) is 18.6 Å². The Bertz CT molecular complexity index is 465. The Labute approximate surface area is 131 Å². The third-order valence-electron chi connectivity index (χ3n) is 2.88. The van der Waals surface area contributed by atoms with Crippen molar-refractivity contribution in [2.75, 3.05) is 0 Å². The first kappa shape index (κ1) is 20.8. The zero-order valence-electron chi connectivity index (χ0n) is 12.6. The van der Waals surface area contributed by atoms with Gasteiger partial charge in [-0.1, -0.05) is 0 Å². The Hall–Kier alpha value is -2.24. The van der Waals surface area contributed by atoms with Crippen LogP contribution in [0.3, 0.4) is 0 Å². The number of hydrogen-bond acceptors (Lipinski definition) is 7. The van der Waals surface area contributed by atoms with E-state index < -0.39 is 60.5 Å². The van der Waals surface area contributed by atoms with E-state index in [9.17, 15) is 29.4 Å². The normalized spacial score (nSPS) is 17.3. The summed E-state index contributed by atoms with van der Waals surface area (Å²) >= 11 is 0. The van der Waals surface area contributed by atoms with Gasteiger partial charge in [-0.05, 0) is 13.8 Å². The first-order valence-electron chi connectivity index (χ1n) is 6.64. The Morgan fingerprint density at radius 2 is 1.48 bits per heavy atom. The first-order chi connectivity index (χ1) is 10.5. The molecule has 0 saturated heterocycles. The summed E-state index contributed by atoms with van der Waals surface area (Å²) in [4.78, 5) is 45.1. The van der Waals surface area contributed by atoms with Crippen molar-refractivity contribution in [1.29, 1.82) is 0 Å². The summed E-state index contributed by atoms with van der Waals surface area (Å²) in [6, 6.07) is -4.66. The van der Waals surface area contributed by atoms with Gasteiger partial charge in [-0.15, -0.1) is 0 Å². The van der Waals surface area contributed by atoms with Crippen molar-refractivity contribution in [3.05, 3.63) is 0 Å². The molecule has 0 aliphatic heterocycles. The van der Waals surface area contributed by atoms with E-state index in [0.717, 1.165) is 6.92 Å². The van der Waals surface area contributed by atoms with Crippen LogP contribution in [0.1, 0.15) is 20.3 Å². The van der Waals surface area contributed by atoms with Crippen molar-refractivity contribution in [1.82, 2.24) is 10.6 Å². The lowest BCUT2D eigenvalue weighted by Gasteiger charge is -2.24. The predicted octanol–water partition coefficient (Wildman–Crippen LogP) is -3.40. The molecular weight excluding hydrogens is 314 g/mol. The molecule has 0 aromatic carbocycles. The molecule has 8 N–H and O–H groups in total. The SMILES string of the molecule is CC(O)C(N)C(=O)NC(C(=O)NC(CC(=O)O)C(=O)O)C(C)O. The summed E-state index contributed by atoms with van der Waals surface area (Å²) in [5, 5.41) is 40.2. The zero-order valence-corrected chi connectivity index (χ0v) is 12.6. The van der Waals surface area contributed by atoms with Gasteiger partial charge in [0.1, 0.15) is 18.1 Å². The van der Waals surface area contributed by atoms with E-state index in [1.807, 2.05) is 5.32 Å². The van der Waals surface area contributed by atoms with Gasteiger partial charge in [0.15, 0.2) is 0 Å². The monoisotopic (exact) mass is 335 g/mol. The molecule has 0 rings (SSSR count). The lowest BCUT2D eigenvalue weighted by Crippen LogP contribution is -2.59. The molecule has 0 aliphatic rings. The van der Waals surface area contributed by atoms with Gasteiger partial charge in [-0.2, -0.15) is 0 Å². The van der Waals surface area contributed by atoms with Crippen LogP contribution >= 0.6 is 0 Å². The smallest absolute Gasteiger partial charge is 0.326 e. The van der Waals surface area contributed by atoms with Crippen LogP contribution in [0.25, 0.3) is 0 Å². The number of carbonyl (C=O) groups is 4. The summed E-state index contributed by atoms with van der Waals surface area (Å²) in [6.07, 6.45) is -3.51. The number of carbonyl (C=O) groups excluding carboxylic acids is 2. The highest BCUT2D eigenvalue weighted by atomic mass is 16.4. The van der Waals surface area contributed by atoms with E-state index in [-0.39, 0.29) is 0 Å². The highest BCUT2D eigenvalue weighted by Crippen LogP contribution is 2.00. The van der Waals surface area contributed by atoms with Crippen LogP contribution in [0, 0.1) is 0 Å². The summed E-state index contributed by atoms with van der Waals surface area (Å²) in [6.45, 7) is 2.40. The van der Waals surface area contributed by atoms with Crippen molar-refractivity contribution >= 4 is 23.8 Å². The number of aliphatic hydroxyl groups is 2. The molecular formula is C12H21N3O8. The number of aliphatic carboxylic acids is 2. The molecule has 0 radical (unpaired) electrons. The van der Waals surface area contributed by atoms with E-state index >= 15 is 0 Å². The van der Waals surface area contributed by atoms with E-state index in [4.69, 9.17) is 15.9 Å². The summed E-state index contributed by atoms with van der Waals surface area (Å²) in [7, 11) is 0. The van der Waals surface area contributed by atoms with E-state index in [1.165, 1.54) is 6.92 Å². The maximum atomic E-state index is 12.0. The second kappa shape index (κ2) is 9.02. The van der Waals surface area contributed by atoms with Gasteiger partial charge in [0.2, 0.25) is 11.8 Å². The van der Waals surface area contributed by atoms with Gasteiger partial charge in [-0.3, -0.25) is 14.4 Å². The number of hydrogen-bond donors (Lipinski definition) is 7. The van der Waals surface area contributed by atoms with Gasteiger partial charge >= 0.3 is 11.9 Å². The molecule has 0 bridgehead atoms. The fourth-order valence-corrected chi connectivity index (χ4v) is 1.51. The topological polar surface area (TPSA) is 199 Å². The number of nitrogens with one attached hydrogen (secondary N) is 2. The van der Waals surface area contributed by atoms with Gasteiger partial charge < -0.3 is 36.8 Å². The van der Waals surface area contributed by atoms with Gasteiger partial charge in [0.25, 0.3) is 0 Å². The lowest BCUT2D eigenvalue weighted by molar-refractivity contribution is -0.148. The molecule has 132 valence electrons. The quantitative estimate of drug-likeness (QED) is 0.224. The third-order valence-corrected chi connectivity index (χ3v) is 2.88. The fraction of sp³-hybridized carbons (Fsp3) is 0.667. The van der Waals surface area contributed by atoms with E-state index in [2.05, 4.69) is 5.32 Å². The molecule has 0 heterocycles. The standard InChI is InChI=1S/C12H21N3O8/c1-4(16)8(13)10(20)15-9(5(2)17)11(21)14-6(12(22)23)3-7(18)19/h4-6,8-9,16-17H,3,13H2,1-2H3,(H,14,21)(H,15,20)(H,18,19)(H,22,23). The zero-order chi connectivity index (χ0) is 18.3. The highest BCUT2D eigenvalue weighted by molar-refractivity contribution is 5.93. The minimum absolute atomic E-state index is 0.880. The van der Waals surface area contributed by atoms with Crippen molar-refractivity contribution in [2.45, 2.75) is 50.6 Å². The van der Waals surface area contributed by atoms with Crippen LogP contribution in [0.5, 0.6) is 0 Å². The maximum Gasteiger partial charge on any atom is 0.326 e. The van der Waals surface area contributed by atoms with Gasteiger partial charge in [0, 0.05) is 0 Å². The van der Waals surface area contributed by atoms with E-state index in [1.54, 1.807) is 0 Å². The Balaban J connectivity index is 5.01. The summed E-state index contributed by atoms with van der Waals surface area (Å²) in [5.41, 5.74) is 5.38. The van der Waals surface area contributed by atoms with Crippen molar-refractivity contribution < 1.29 is 39.6 Å². The molecule has 23 heavy (non-hydrogen) atoms. The predicted molar refractivity (Wildman–Crippen MR) is 75.1 cm³/mol. The number of rotatable bonds is 9. The van der Waals surface area contributed by atoms with Crippen LogP contribution in [0.15, 0.2) is 0 Å². The van der Waals surface area contributed by atoms with Crippen LogP contribution in [-0.4, -0.2) is 74.5 Å². The molecule has 2 amide bonds. The molecule has 0 aromatic heterocycles. The lowest BCUT2D eigenvalue weighted by atomic mass is 10.1. The maximum absolute atomic E-state index is 12.0. The van der Waals surface area contributed by atoms with Crippen molar-refractivity contribution in [2.24, 2.45) is 5.73 Å². The summed E-state index contributed by atoms with van der Waals surface area (Å²) in [5.74, 6) is -5.07. The third kappa shape index (κ3) is 7.04. The largest absolute Gasteiger partial charge is 0.481 e. The molecule has 5 unspecified atom stereocenters. The second-order valence-corrected chi connectivity index (χ2v) is 4.99. The molecule has 11 nitrogen and oxygen atoms in total. The van der Waals surface area contributed by atoms with Crippen molar-refractivity contribution in [3.63, 3.8) is 0 Å². The molecule has 11 heteroatoms. The number of carboxylic acid groups (broad SMARTS) is 2. The first-order valence-corrected chi connectivity index (χ1v) is 6.64. The number of nitrogens with two attached hydrogens (primary N) is 1. The second-order valence-electron chi connectivity index (χ2n) is 4.99. The Kier molecular flexibility index (Phi) is 8.15. The van der Waals surface area contributed by atoms with Crippen LogP contribution in [0.4, 0.5) is 0 Å². The minimum Gasteiger partial charge on any atom is -0.481 e. The molecule has 0 aromatic rings. The number of carboxylic acids is 2. The fourth-order valence-electron chi connectivity index (χ4n) is 1.51. The minimum atomic E-state index is -1.73. The Morgan fingerprint density at radius 1 is 0.957 bits per heavy atom. The average molecular weight is 335 g/mol. The van der Waals surface area contributed by atoms with Gasteiger partial charge in [-0.25, -0.2) is 4.79 Å². The average Bonchev–Trinajstić information content (AvgIpc) is 2.41. The molecule has 0 aliphatic carbocycles. The molecule has 5 atom stereocenters. The van der Waals surface area contributed by atoms with E-state index in [0.29, 0.717) is 0 Å². The van der Waals surface area contributed by atoms with Crippen LogP contribution < -0.4 is 16.4 Å². The Morgan fingerprint density at radius 3 is 1.83 bits per heavy atom. The summed E-state index contributed by atoms with van der Waals surface area (Å²) < 4.78 is 0. The molecule has 0 saturated carbocycles. The van der Waals surface area contributed by atoms with Crippen LogP contribution in [-0.2, 0) is 19.2 Å². The highest BCUT2D eigenvalue weighted by Gasteiger charge is 2.32. The van der Waals surface area contributed by atoms with Crippen molar-refractivity contribution in [3.8, 4) is 0 Å². The molecule has 0 fully saturated rings. The molecule has 0 spiro atoms. The number of aliphatic hydroxyl groups excluding tert-OH is 2.